The van der Waals surface area contributed by atoms with Gasteiger partial charge in [-0.1, -0.05) is 13.8 Å². The van der Waals surface area contributed by atoms with Crippen molar-refractivity contribution in [3.63, 3.8) is 0 Å². The van der Waals surface area contributed by atoms with Gasteiger partial charge in [0.05, 0.1) is 0 Å². The smallest absolute Gasteiger partial charge is 0.00966 e. The fraction of sp³-hybridized carbons (Fsp3) is 1.00. The van der Waals surface area contributed by atoms with Gasteiger partial charge in [0.25, 0.3) is 0 Å². The van der Waals surface area contributed by atoms with Gasteiger partial charge in [-0.15, -0.1) is 0 Å². The number of nitrogens with one attached hydrogen (secondary N) is 1. The molecule has 0 saturated heterocycles. The molecule has 0 amide bonds. The van der Waals surface area contributed by atoms with Gasteiger partial charge in [0.1, 0.15) is 0 Å². The fourth-order valence-corrected chi connectivity index (χ4v) is 2.73. The van der Waals surface area contributed by atoms with Gasteiger partial charge < -0.3 is 5.32 Å². The Balaban J connectivity index is 2.30. The normalized spacial score (nSPS) is 34.5. The van der Waals surface area contributed by atoms with Crippen molar-refractivity contribution in [3.8, 4) is 0 Å². The Hall–Kier alpha value is -0.0400. The molecule has 1 saturated carbocycles. The summed E-state index contributed by atoms with van der Waals surface area (Å²) in [5.41, 5.74) is 0.282. The molecule has 0 aromatic carbocycles. The fourth-order valence-electron chi connectivity index (χ4n) is 2.73. The highest BCUT2D eigenvalue weighted by Gasteiger charge is 2.24. The van der Waals surface area contributed by atoms with E-state index in [9.17, 15) is 0 Å². The molecule has 0 aromatic rings. The summed E-state index contributed by atoms with van der Waals surface area (Å²) in [5.74, 6) is 2.78. The first-order valence-electron chi connectivity index (χ1n) is 6.12. The van der Waals surface area contributed by atoms with Gasteiger partial charge in [0, 0.05) is 5.54 Å². The standard InChI is InChI=1S/C13H27N/c1-10-6-11(2)8-12(7-10)9-14-13(3,4)5/h10-12,14H,6-9H2,1-5H3. The van der Waals surface area contributed by atoms with Crippen LogP contribution in [0.5, 0.6) is 0 Å². The van der Waals surface area contributed by atoms with Crippen LogP contribution in [0.2, 0.25) is 0 Å². The van der Waals surface area contributed by atoms with Crippen LogP contribution in [-0.2, 0) is 0 Å². The van der Waals surface area contributed by atoms with Crippen LogP contribution >= 0.6 is 0 Å². The molecule has 0 spiro atoms. The van der Waals surface area contributed by atoms with Crippen molar-refractivity contribution in [1.29, 1.82) is 0 Å². The lowest BCUT2D eigenvalue weighted by atomic mass is 9.76. The van der Waals surface area contributed by atoms with Crippen molar-refractivity contribution >= 4 is 0 Å². The van der Waals surface area contributed by atoms with E-state index in [2.05, 4.69) is 39.9 Å². The molecule has 0 radical (unpaired) electrons. The summed E-state index contributed by atoms with van der Waals surface area (Å²) < 4.78 is 0. The summed E-state index contributed by atoms with van der Waals surface area (Å²) in [5, 5.41) is 3.63. The van der Waals surface area contributed by atoms with Crippen LogP contribution < -0.4 is 5.32 Å². The summed E-state index contributed by atoms with van der Waals surface area (Å²) in [6.07, 6.45) is 4.28. The maximum absolute atomic E-state index is 3.63. The van der Waals surface area contributed by atoms with Crippen LogP contribution in [-0.4, -0.2) is 12.1 Å². The highest BCUT2D eigenvalue weighted by molar-refractivity contribution is 4.79. The van der Waals surface area contributed by atoms with Gasteiger partial charge in [0.2, 0.25) is 0 Å². The van der Waals surface area contributed by atoms with Crippen molar-refractivity contribution in [2.24, 2.45) is 17.8 Å². The van der Waals surface area contributed by atoms with Crippen molar-refractivity contribution in [3.05, 3.63) is 0 Å². The van der Waals surface area contributed by atoms with E-state index in [1.165, 1.54) is 25.8 Å². The highest BCUT2D eigenvalue weighted by atomic mass is 14.9. The second kappa shape index (κ2) is 4.65. The van der Waals surface area contributed by atoms with Crippen LogP contribution in [0.15, 0.2) is 0 Å². The Morgan fingerprint density at radius 1 is 1.00 bits per heavy atom. The highest BCUT2D eigenvalue weighted by Crippen LogP contribution is 2.32. The quantitative estimate of drug-likeness (QED) is 0.715. The van der Waals surface area contributed by atoms with Crippen LogP contribution in [0.1, 0.15) is 53.9 Å². The first kappa shape index (κ1) is 12.0. The summed E-state index contributed by atoms with van der Waals surface area (Å²) in [4.78, 5) is 0. The molecular weight excluding hydrogens is 170 g/mol. The first-order valence-corrected chi connectivity index (χ1v) is 6.12. The summed E-state index contributed by atoms with van der Waals surface area (Å²) in [6, 6.07) is 0. The molecule has 0 aliphatic heterocycles. The Kier molecular flexibility index (Phi) is 4.00. The molecule has 2 atom stereocenters. The van der Waals surface area contributed by atoms with Gasteiger partial charge in [-0.2, -0.15) is 0 Å². The molecule has 1 rings (SSSR count). The van der Waals surface area contributed by atoms with Crippen LogP contribution in [0.3, 0.4) is 0 Å². The monoisotopic (exact) mass is 197 g/mol. The molecular formula is C13H27N. The molecule has 0 heterocycles. The van der Waals surface area contributed by atoms with Crippen molar-refractivity contribution in [2.75, 3.05) is 6.54 Å². The molecule has 1 aliphatic carbocycles. The van der Waals surface area contributed by atoms with Gasteiger partial charge in [0.15, 0.2) is 0 Å². The molecule has 1 fully saturated rings. The Morgan fingerprint density at radius 3 is 1.93 bits per heavy atom. The average Bonchev–Trinajstić information content (AvgIpc) is 1.97. The first-order chi connectivity index (χ1) is 6.37. The Bertz CT molecular complexity index is 159. The van der Waals surface area contributed by atoms with Gasteiger partial charge in [-0.3, -0.25) is 0 Å². The summed E-state index contributed by atoms with van der Waals surface area (Å²) >= 11 is 0. The predicted octanol–water partition coefficient (Wildman–Crippen LogP) is 3.45. The zero-order valence-electron chi connectivity index (χ0n) is 10.6. The van der Waals surface area contributed by atoms with Crippen LogP contribution in [0, 0.1) is 17.8 Å². The molecule has 1 N–H and O–H groups in total. The van der Waals surface area contributed by atoms with E-state index in [0.29, 0.717) is 0 Å². The molecule has 1 aliphatic rings. The minimum atomic E-state index is 0.282. The molecule has 1 nitrogen and oxygen atoms in total. The minimum absolute atomic E-state index is 0.282. The van der Waals surface area contributed by atoms with E-state index in [4.69, 9.17) is 0 Å². The van der Waals surface area contributed by atoms with Crippen molar-refractivity contribution in [2.45, 2.75) is 59.4 Å². The lowest BCUT2D eigenvalue weighted by Crippen LogP contribution is -2.40. The Morgan fingerprint density at radius 2 is 1.50 bits per heavy atom. The van der Waals surface area contributed by atoms with E-state index >= 15 is 0 Å². The average molecular weight is 197 g/mol. The summed E-state index contributed by atoms with van der Waals surface area (Å²) in [7, 11) is 0. The molecule has 1 heteroatoms. The number of rotatable bonds is 2. The Labute approximate surface area is 89.7 Å². The zero-order valence-corrected chi connectivity index (χ0v) is 10.6. The topological polar surface area (TPSA) is 12.0 Å². The lowest BCUT2D eigenvalue weighted by Gasteiger charge is -2.33. The van der Waals surface area contributed by atoms with E-state index in [-0.39, 0.29) is 5.54 Å². The summed E-state index contributed by atoms with van der Waals surface area (Å²) in [6.45, 7) is 12.8. The number of hydrogen-bond acceptors (Lipinski definition) is 1. The van der Waals surface area contributed by atoms with Crippen LogP contribution in [0.25, 0.3) is 0 Å². The molecule has 0 aromatic heterocycles. The van der Waals surface area contributed by atoms with E-state index in [0.717, 1.165) is 17.8 Å². The van der Waals surface area contributed by atoms with E-state index < -0.39 is 0 Å². The van der Waals surface area contributed by atoms with Crippen LogP contribution in [0.4, 0.5) is 0 Å². The maximum atomic E-state index is 3.63. The SMILES string of the molecule is CC1CC(C)CC(CNC(C)(C)C)C1. The molecule has 2 unspecified atom stereocenters. The van der Waals surface area contributed by atoms with Crippen molar-refractivity contribution in [1.82, 2.24) is 5.32 Å². The third-order valence-corrected chi connectivity index (χ3v) is 3.20. The molecule has 84 valence electrons. The molecule has 14 heavy (non-hydrogen) atoms. The maximum Gasteiger partial charge on any atom is 0.00966 e. The lowest BCUT2D eigenvalue weighted by molar-refractivity contribution is 0.204. The van der Waals surface area contributed by atoms with Gasteiger partial charge >= 0.3 is 0 Å². The zero-order chi connectivity index (χ0) is 10.8. The van der Waals surface area contributed by atoms with E-state index in [1.807, 2.05) is 0 Å². The second-order valence-corrected chi connectivity index (χ2v) is 6.41. The van der Waals surface area contributed by atoms with Gasteiger partial charge in [-0.25, -0.2) is 0 Å². The second-order valence-electron chi connectivity index (χ2n) is 6.41. The third-order valence-electron chi connectivity index (χ3n) is 3.20. The predicted molar refractivity (Wildman–Crippen MR) is 63.4 cm³/mol. The van der Waals surface area contributed by atoms with Crippen molar-refractivity contribution < 1.29 is 0 Å². The molecule has 0 bridgehead atoms. The van der Waals surface area contributed by atoms with Gasteiger partial charge in [-0.05, 0) is 64.3 Å². The largest absolute Gasteiger partial charge is 0.312 e. The van der Waals surface area contributed by atoms with E-state index in [1.54, 1.807) is 0 Å². The third kappa shape index (κ3) is 4.45. The minimum Gasteiger partial charge on any atom is -0.312 e. The number of hydrogen-bond donors (Lipinski definition) is 1.